The first-order valence-electron chi connectivity index (χ1n) is 7.54. The molecule has 26 heavy (non-hydrogen) atoms. The largest absolute Gasteiger partial charge is 0.462 e. The highest BCUT2D eigenvalue weighted by molar-refractivity contribution is 9.11. The number of hydrogen-bond donors (Lipinski definition) is 1. The summed E-state index contributed by atoms with van der Waals surface area (Å²) in [6.45, 7) is 3.58. The number of anilines is 1. The van der Waals surface area contributed by atoms with Crippen molar-refractivity contribution in [1.82, 2.24) is 0 Å². The van der Waals surface area contributed by atoms with E-state index in [1.165, 1.54) is 24.3 Å². The number of nitrogens with one attached hydrogen (secondary N) is 1. The van der Waals surface area contributed by atoms with E-state index in [0.29, 0.717) is 3.79 Å². The smallest absolute Gasteiger partial charge is 0.338 e. The fraction of sp³-hybridized carbons (Fsp3) is 0.250. The number of carbonyl (C=O) groups is 2. The van der Waals surface area contributed by atoms with Crippen LogP contribution in [0.3, 0.4) is 0 Å². The van der Waals surface area contributed by atoms with Gasteiger partial charge in [-0.15, -0.1) is 11.3 Å². The summed E-state index contributed by atoms with van der Waals surface area (Å²) in [5.41, 5.74) is 0.146. The van der Waals surface area contributed by atoms with Crippen molar-refractivity contribution in [3.05, 3.63) is 45.2 Å². The van der Waals surface area contributed by atoms with Gasteiger partial charge in [-0.1, -0.05) is 0 Å². The first-order valence-corrected chi connectivity index (χ1v) is 10.6. The van der Waals surface area contributed by atoms with Crippen LogP contribution in [0, 0.1) is 0 Å². The molecule has 10 heteroatoms. The van der Waals surface area contributed by atoms with Gasteiger partial charge < -0.3 is 9.47 Å². The summed E-state index contributed by atoms with van der Waals surface area (Å²) in [5, 5.41) is 0. The van der Waals surface area contributed by atoms with Crippen molar-refractivity contribution in [2.24, 2.45) is 0 Å². The van der Waals surface area contributed by atoms with Crippen molar-refractivity contribution in [3.63, 3.8) is 0 Å². The Bertz CT molecular complexity index is 886. The van der Waals surface area contributed by atoms with E-state index in [2.05, 4.69) is 20.7 Å². The molecule has 0 saturated carbocycles. The van der Waals surface area contributed by atoms with E-state index in [1.54, 1.807) is 19.9 Å². The minimum atomic E-state index is -3.87. The molecule has 140 valence electrons. The molecule has 0 amide bonds. The summed E-state index contributed by atoms with van der Waals surface area (Å²) in [6.07, 6.45) is 0. The van der Waals surface area contributed by atoms with Crippen LogP contribution >= 0.6 is 27.3 Å². The number of thiophene rings is 1. The van der Waals surface area contributed by atoms with Gasteiger partial charge in [-0.05, 0) is 60.1 Å². The number of hydrogen-bond acceptors (Lipinski definition) is 7. The maximum Gasteiger partial charge on any atom is 0.338 e. The maximum absolute atomic E-state index is 12.5. The van der Waals surface area contributed by atoms with Gasteiger partial charge in [-0.25, -0.2) is 18.0 Å². The number of carbonyl (C=O) groups excluding carboxylic acids is 2. The number of sulfonamides is 1. The maximum atomic E-state index is 12.5. The zero-order chi connectivity index (χ0) is 19.3. The van der Waals surface area contributed by atoms with Crippen molar-refractivity contribution in [3.8, 4) is 0 Å². The van der Waals surface area contributed by atoms with Gasteiger partial charge in [0.05, 0.1) is 33.8 Å². The van der Waals surface area contributed by atoms with E-state index in [4.69, 9.17) is 9.47 Å². The molecular weight excluding hydrogens is 446 g/mol. The highest BCUT2D eigenvalue weighted by Crippen LogP contribution is 2.28. The minimum Gasteiger partial charge on any atom is -0.462 e. The number of benzene rings is 1. The third-order valence-electron chi connectivity index (χ3n) is 3.02. The van der Waals surface area contributed by atoms with E-state index in [-0.39, 0.29) is 34.2 Å². The molecule has 2 rings (SSSR count). The first-order chi connectivity index (χ1) is 12.3. The lowest BCUT2D eigenvalue weighted by Gasteiger charge is -2.11. The van der Waals surface area contributed by atoms with E-state index in [1.807, 2.05) is 0 Å². The van der Waals surface area contributed by atoms with E-state index in [9.17, 15) is 18.0 Å². The highest BCUT2D eigenvalue weighted by Gasteiger charge is 2.20. The van der Waals surface area contributed by atoms with E-state index >= 15 is 0 Å². The molecule has 0 aliphatic heterocycles. The van der Waals surface area contributed by atoms with Crippen LogP contribution in [0.25, 0.3) is 0 Å². The molecule has 0 spiro atoms. The normalized spacial score (nSPS) is 11.0. The lowest BCUT2D eigenvalue weighted by molar-refractivity contribution is 0.0525. The summed E-state index contributed by atoms with van der Waals surface area (Å²) < 4.78 is 37.9. The van der Waals surface area contributed by atoms with Gasteiger partial charge in [-0.2, -0.15) is 0 Å². The average Bonchev–Trinajstić information content (AvgIpc) is 3.02. The second-order valence-electron chi connectivity index (χ2n) is 4.90. The molecule has 1 heterocycles. The Morgan fingerprint density at radius 3 is 2.00 bits per heavy atom. The summed E-state index contributed by atoms with van der Waals surface area (Å²) in [5.74, 6) is -1.34. The van der Waals surface area contributed by atoms with Crippen LogP contribution in [0.5, 0.6) is 0 Å². The fourth-order valence-electron chi connectivity index (χ4n) is 2.00. The van der Waals surface area contributed by atoms with Gasteiger partial charge in [0, 0.05) is 0 Å². The van der Waals surface area contributed by atoms with Crippen LogP contribution in [0.2, 0.25) is 0 Å². The van der Waals surface area contributed by atoms with E-state index < -0.39 is 22.0 Å². The van der Waals surface area contributed by atoms with Gasteiger partial charge in [0.15, 0.2) is 0 Å². The summed E-state index contributed by atoms with van der Waals surface area (Å²) in [6, 6.07) is 6.97. The molecule has 0 aliphatic carbocycles. The molecule has 1 N–H and O–H groups in total. The van der Waals surface area contributed by atoms with Gasteiger partial charge in [0.1, 0.15) is 4.21 Å². The lowest BCUT2D eigenvalue weighted by atomic mass is 10.1. The van der Waals surface area contributed by atoms with E-state index in [0.717, 1.165) is 11.3 Å². The first kappa shape index (κ1) is 20.4. The SMILES string of the molecule is CCOC(=O)c1cc(NS(=O)(=O)c2ccc(Br)s2)cc(C(=O)OCC)c1. The zero-order valence-electron chi connectivity index (χ0n) is 13.9. The quantitative estimate of drug-likeness (QED) is 0.631. The van der Waals surface area contributed by atoms with Crippen LogP contribution in [0.15, 0.2) is 38.3 Å². The molecule has 0 unspecified atom stereocenters. The van der Waals surface area contributed by atoms with Crippen molar-refractivity contribution in [2.75, 3.05) is 17.9 Å². The summed E-state index contributed by atoms with van der Waals surface area (Å²) in [4.78, 5) is 24.0. The topological polar surface area (TPSA) is 98.8 Å². The number of halogens is 1. The third kappa shape index (κ3) is 5.05. The highest BCUT2D eigenvalue weighted by atomic mass is 79.9. The van der Waals surface area contributed by atoms with Crippen LogP contribution in [0.4, 0.5) is 5.69 Å². The Labute approximate surface area is 163 Å². The Morgan fingerprint density at radius 1 is 1.04 bits per heavy atom. The van der Waals surface area contributed by atoms with Crippen molar-refractivity contribution >= 4 is 54.9 Å². The van der Waals surface area contributed by atoms with Crippen LogP contribution < -0.4 is 4.72 Å². The predicted molar refractivity (Wildman–Crippen MR) is 101 cm³/mol. The Hall–Kier alpha value is -1.91. The Morgan fingerprint density at radius 2 is 1.58 bits per heavy atom. The molecule has 1 aromatic heterocycles. The Kier molecular flexibility index (Phi) is 6.79. The standard InChI is InChI=1S/C16H16BrNO6S2/c1-3-23-15(19)10-7-11(16(20)24-4-2)9-12(8-10)18-26(21,22)14-6-5-13(17)25-14/h5-9,18H,3-4H2,1-2H3. The molecule has 2 aromatic rings. The van der Waals surface area contributed by atoms with Gasteiger partial charge in [-0.3, -0.25) is 4.72 Å². The number of rotatable bonds is 7. The summed E-state index contributed by atoms with van der Waals surface area (Å²) in [7, 11) is -3.87. The second kappa shape index (κ2) is 8.65. The van der Waals surface area contributed by atoms with Crippen molar-refractivity contribution in [1.29, 1.82) is 0 Å². The van der Waals surface area contributed by atoms with Crippen molar-refractivity contribution < 1.29 is 27.5 Å². The van der Waals surface area contributed by atoms with Crippen LogP contribution in [-0.4, -0.2) is 33.6 Å². The molecule has 7 nitrogen and oxygen atoms in total. The zero-order valence-corrected chi connectivity index (χ0v) is 17.2. The fourth-order valence-corrected chi connectivity index (χ4v) is 5.05. The molecule has 0 radical (unpaired) electrons. The molecule has 0 aliphatic rings. The van der Waals surface area contributed by atoms with Gasteiger partial charge in [0.25, 0.3) is 10.0 Å². The minimum absolute atomic E-state index is 0.0439. The number of esters is 2. The van der Waals surface area contributed by atoms with Crippen molar-refractivity contribution in [2.45, 2.75) is 18.1 Å². The molecule has 1 aromatic carbocycles. The monoisotopic (exact) mass is 461 g/mol. The van der Waals surface area contributed by atoms with Gasteiger partial charge in [0.2, 0.25) is 0 Å². The van der Waals surface area contributed by atoms with Crippen LogP contribution in [-0.2, 0) is 19.5 Å². The number of ether oxygens (including phenoxy) is 2. The predicted octanol–water partition coefficient (Wildman–Crippen LogP) is 3.66. The molecule has 0 saturated heterocycles. The molecule has 0 atom stereocenters. The molecule has 0 bridgehead atoms. The Balaban J connectivity index is 2.43. The molecular formula is C16H16BrNO6S2. The molecule has 0 fully saturated rings. The lowest BCUT2D eigenvalue weighted by Crippen LogP contribution is -2.14. The summed E-state index contributed by atoms with van der Waals surface area (Å²) >= 11 is 4.24. The second-order valence-corrected chi connectivity index (χ2v) is 9.28. The van der Waals surface area contributed by atoms with Crippen LogP contribution in [0.1, 0.15) is 34.6 Å². The average molecular weight is 462 g/mol. The van der Waals surface area contributed by atoms with Gasteiger partial charge >= 0.3 is 11.9 Å². The third-order valence-corrected chi connectivity index (χ3v) is 6.52.